The van der Waals surface area contributed by atoms with E-state index in [1.54, 1.807) is 12.0 Å². The third-order valence-electron chi connectivity index (χ3n) is 5.78. The summed E-state index contributed by atoms with van der Waals surface area (Å²) in [6.45, 7) is 0.566. The highest BCUT2D eigenvalue weighted by Crippen LogP contribution is 2.41. The number of nitrogens with zero attached hydrogens (tertiary/aromatic N) is 1. The Bertz CT molecular complexity index is 972. The predicted molar refractivity (Wildman–Crippen MR) is 107 cm³/mol. The summed E-state index contributed by atoms with van der Waals surface area (Å²) in [6, 6.07) is 8.08. The van der Waals surface area contributed by atoms with E-state index in [9.17, 15) is 18.0 Å². The van der Waals surface area contributed by atoms with Crippen LogP contribution in [0.3, 0.4) is 0 Å². The van der Waals surface area contributed by atoms with Crippen LogP contribution in [-0.4, -0.2) is 38.2 Å². The minimum atomic E-state index is -4.45. The lowest BCUT2D eigenvalue weighted by molar-refractivity contribution is -0.137. The van der Waals surface area contributed by atoms with E-state index in [1.165, 1.54) is 19.2 Å². The average Bonchev–Trinajstić information content (AvgIpc) is 3.61. The second-order valence-corrected chi connectivity index (χ2v) is 7.81. The van der Waals surface area contributed by atoms with Gasteiger partial charge in [-0.05, 0) is 60.7 Å². The number of rotatable bonds is 6. The van der Waals surface area contributed by atoms with Crippen LogP contribution >= 0.6 is 0 Å². The van der Waals surface area contributed by atoms with Gasteiger partial charge in [0.15, 0.2) is 11.5 Å². The molecule has 31 heavy (non-hydrogen) atoms. The molecule has 0 unspecified atom stereocenters. The van der Waals surface area contributed by atoms with Gasteiger partial charge in [0, 0.05) is 12.5 Å². The fraction of sp³-hybridized carbons (Fsp3) is 0.435. The van der Waals surface area contributed by atoms with Gasteiger partial charge in [-0.2, -0.15) is 13.2 Å². The number of carbonyl (C=O) groups excluding carboxylic acids is 1. The molecule has 166 valence electrons. The van der Waals surface area contributed by atoms with Crippen molar-refractivity contribution in [1.82, 2.24) is 4.90 Å². The minimum Gasteiger partial charge on any atom is -0.493 e. The highest BCUT2D eigenvalue weighted by atomic mass is 19.4. The molecule has 8 heteroatoms. The first-order valence-electron chi connectivity index (χ1n) is 10.2. The van der Waals surface area contributed by atoms with Gasteiger partial charge in [-0.3, -0.25) is 4.79 Å². The van der Waals surface area contributed by atoms with Gasteiger partial charge < -0.3 is 19.1 Å². The maximum absolute atomic E-state index is 13.0. The second-order valence-electron chi connectivity index (χ2n) is 7.81. The maximum Gasteiger partial charge on any atom is 0.416 e. The normalized spacial score (nSPS) is 18.4. The Labute approximate surface area is 178 Å². The average molecular weight is 435 g/mol. The summed E-state index contributed by atoms with van der Waals surface area (Å²) in [4.78, 5) is 14.7. The summed E-state index contributed by atoms with van der Waals surface area (Å²) in [5, 5.41) is 0. The number of carbonyl (C=O) groups is 1. The van der Waals surface area contributed by atoms with Crippen LogP contribution in [0.4, 0.5) is 13.2 Å². The zero-order valence-electron chi connectivity index (χ0n) is 17.4. The van der Waals surface area contributed by atoms with E-state index in [2.05, 4.69) is 0 Å². The molecule has 0 saturated heterocycles. The molecule has 4 rings (SSSR count). The van der Waals surface area contributed by atoms with Crippen molar-refractivity contribution in [3.05, 3.63) is 53.1 Å². The molecular formula is C23H24F3NO4. The van der Waals surface area contributed by atoms with Crippen LogP contribution in [-0.2, 0) is 17.4 Å². The predicted octanol–water partition coefficient (Wildman–Crippen LogP) is 4.64. The summed E-state index contributed by atoms with van der Waals surface area (Å²) in [6.07, 6.45) is -2.05. The lowest BCUT2D eigenvalue weighted by atomic mass is 9.91. The molecule has 0 spiro atoms. The Morgan fingerprint density at radius 2 is 1.81 bits per heavy atom. The van der Waals surface area contributed by atoms with Crippen LogP contribution in [0.25, 0.3) is 0 Å². The molecule has 1 aliphatic carbocycles. The van der Waals surface area contributed by atoms with Gasteiger partial charge in [0.2, 0.25) is 5.91 Å². The number of methoxy groups -OCH3 is 2. The molecule has 1 fully saturated rings. The zero-order valence-corrected chi connectivity index (χ0v) is 17.4. The largest absolute Gasteiger partial charge is 0.493 e. The van der Waals surface area contributed by atoms with Crippen LogP contribution in [0, 0.1) is 5.92 Å². The lowest BCUT2D eigenvalue weighted by Gasteiger charge is -2.38. The molecule has 1 amide bonds. The fourth-order valence-electron chi connectivity index (χ4n) is 3.97. The van der Waals surface area contributed by atoms with Crippen LogP contribution in [0.5, 0.6) is 17.2 Å². The smallest absolute Gasteiger partial charge is 0.416 e. The van der Waals surface area contributed by atoms with Crippen LogP contribution in [0.15, 0.2) is 36.4 Å². The van der Waals surface area contributed by atoms with Crippen molar-refractivity contribution >= 4 is 5.91 Å². The van der Waals surface area contributed by atoms with Crippen molar-refractivity contribution in [3.8, 4) is 17.2 Å². The van der Waals surface area contributed by atoms with Crippen molar-refractivity contribution in [2.24, 2.45) is 5.92 Å². The lowest BCUT2D eigenvalue weighted by Crippen LogP contribution is -2.43. The summed E-state index contributed by atoms with van der Waals surface area (Å²) >= 11 is 0. The maximum atomic E-state index is 13.0. The monoisotopic (exact) mass is 435 g/mol. The van der Waals surface area contributed by atoms with E-state index < -0.39 is 17.8 Å². The SMILES string of the molecule is COc1cc2c(cc1OC)[C@@H](COc1cccc(C(F)(F)F)c1)N(C(=O)C1CC1)CC2. The molecule has 0 radical (unpaired) electrons. The van der Waals surface area contributed by atoms with Crippen molar-refractivity contribution in [2.75, 3.05) is 27.4 Å². The van der Waals surface area contributed by atoms with Gasteiger partial charge >= 0.3 is 6.18 Å². The molecule has 2 aromatic rings. The quantitative estimate of drug-likeness (QED) is 0.664. The van der Waals surface area contributed by atoms with E-state index in [0.29, 0.717) is 24.5 Å². The van der Waals surface area contributed by atoms with E-state index in [4.69, 9.17) is 14.2 Å². The second kappa shape index (κ2) is 8.32. The third kappa shape index (κ3) is 4.43. The van der Waals surface area contributed by atoms with Crippen molar-refractivity contribution in [1.29, 1.82) is 0 Å². The Morgan fingerprint density at radius 3 is 2.45 bits per heavy atom. The van der Waals surface area contributed by atoms with E-state index in [-0.39, 0.29) is 24.2 Å². The molecule has 0 N–H and O–H groups in total. The van der Waals surface area contributed by atoms with Crippen molar-refractivity contribution in [2.45, 2.75) is 31.5 Å². The highest BCUT2D eigenvalue weighted by Gasteiger charge is 2.40. The fourth-order valence-corrected chi connectivity index (χ4v) is 3.97. The molecule has 0 aromatic heterocycles. The molecule has 2 aromatic carbocycles. The van der Waals surface area contributed by atoms with Crippen LogP contribution in [0.2, 0.25) is 0 Å². The van der Waals surface area contributed by atoms with E-state index >= 15 is 0 Å². The van der Waals surface area contributed by atoms with Gasteiger partial charge in [-0.15, -0.1) is 0 Å². The van der Waals surface area contributed by atoms with Gasteiger partial charge in [0.25, 0.3) is 0 Å². The molecule has 1 aliphatic heterocycles. The Balaban J connectivity index is 1.64. The number of fused-ring (bicyclic) bond motifs is 1. The number of alkyl halides is 3. The number of amides is 1. The Kier molecular flexibility index (Phi) is 5.73. The summed E-state index contributed by atoms with van der Waals surface area (Å²) < 4.78 is 55.7. The van der Waals surface area contributed by atoms with Gasteiger partial charge in [-0.25, -0.2) is 0 Å². The Morgan fingerprint density at radius 1 is 1.10 bits per heavy atom. The van der Waals surface area contributed by atoms with Gasteiger partial charge in [0.05, 0.1) is 25.8 Å². The molecule has 1 saturated carbocycles. The molecule has 1 atom stereocenters. The number of ether oxygens (including phenoxy) is 3. The topological polar surface area (TPSA) is 48.0 Å². The van der Waals surface area contributed by atoms with E-state index in [1.807, 2.05) is 12.1 Å². The summed E-state index contributed by atoms with van der Waals surface area (Å²) in [5.41, 5.74) is 1.10. The van der Waals surface area contributed by atoms with Crippen LogP contribution in [0.1, 0.15) is 35.6 Å². The third-order valence-corrected chi connectivity index (χ3v) is 5.78. The van der Waals surface area contributed by atoms with Gasteiger partial charge in [-0.1, -0.05) is 6.07 Å². The zero-order chi connectivity index (χ0) is 22.2. The molecular weight excluding hydrogens is 411 g/mol. The molecule has 0 bridgehead atoms. The number of hydrogen-bond donors (Lipinski definition) is 0. The molecule has 2 aliphatic rings. The van der Waals surface area contributed by atoms with Crippen molar-refractivity contribution in [3.63, 3.8) is 0 Å². The summed E-state index contributed by atoms with van der Waals surface area (Å²) in [5.74, 6) is 1.34. The highest BCUT2D eigenvalue weighted by molar-refractivity contribution is 5.82. The molecule has 5 nitrogen and oxygen atoms in total. The van der Waals surface area contributed by atoms with E-state index in [0.717, 1.165) is 36.1 Å². The number of halogens is 3. The van der Waals surface area contributed by atoms with Gasteiger partial charge in [0.1, 0.15) is 12.4 Å². The molecule has 1 heterocycles. The first kappa shape index (κ1) is 21.3. The number of benzene rings is 2. The standard InChI is InChI=1S/C23H24F3NO4/c1-29-20-10-15-8-9-27(22(28)14-6-7-14)19(18(15)12-21(20)30-2)13-31-17-5-3-4-16(11-17)23(24,25)26/h3-5,10-12,14,19H,6-9,13H2,1-2H3/t19-/m1/s1. The van der Waals surface area contributed by atoms with Crippen LogP contribution < -0.4 is 14.2 Å². The minimum absolute atomic E-state index is 0.0257. The first-order valence-corrected chi connectivity index (χ1v) is 10.2. The Hall–Kier alpha value is -2.90. The van der Waals surface area contributed by atoms with Crippen molar-refractivity contribution < 1.29 is 32.2 Å². The number of hydrogen-bond acceptors (Lipinski definition) is 4. The summed E-state index contributed by atoms with van der Waals surface area (Å²) in [7, 11) is 3.10. The first-order chi connectivity index (χ1) is 14.8.